The van der Waals surface area contributed by atoms with Crippen LogP contribution >= 0.6 is 15.9 Å². The number of aromatic amines is 1. The van der Waals surface area contributed by atoms with E-state index >= 15 is 0 Å². The zero-order chi connectivity index (χ0) is 12.5. The third-order valence-corrected chi connectivity index (χ3v) is 5.31. The van der Waals surface area contributed by atoms with Crippen LogP contribution in [0.3, 0.4) is 0 Å². The van der Waals surface area contributed by atoms with Crippen LogP contribution in [0.2, 0.25) is 0 Å². The molecule has 1 aromatic carbocycles. The van der Waals surface area contributed by atoms with Gasteiger partial charge >= 0.3 is 0 Å². The fourth-order valence-corrected chi connectivity index (χ4v) is 4.15. The van der Waals surface area contributed by atoms with Crippen molar-refractivity contribution in [2.45, 2.75) is 31.6 Å². The van der Waals surface area contributed by atoms with Crippen molar-refractivity contribution in [3.63, 3.8) is 0 Å². The van der Waals surface area contributed by atoms with Gasteiger partial charge < -0.3 is 4.98 Å². The summed E-state index contributed by atoms with van der Waals surface area (Å²) in [6.07, 6.45) is 6.08. The summed E-state index contributed by atoms with van der Waals surface area (Å²) in [6, 6.07) is 6.56. The highest BCUT2D eigenvalue weighted by Gasteiger charge is 2.43. The van der Waals surface area contributed by atoms with Crippen LogP contribution in [0.5, 0.6) is 0 Å². The standard InChI is InChI=1S/C16H16BrN/c1-16(2)10-4-3-9(7-10)15-14(16)12-8-11(17)5-6-13(12)18-15/h3-6,8-10,18H,7H2,1-2H3/t9-,10-/m1/s1. The van der Waals surface area contributed by atoms with Gasteiger partial charge in [-0.1, -0.05) is 41.9 Å². The molecule has 0 saturated heterocycles. The monoisotopic (exact) mass is 301 g/mol. The van der Waals surface area contributed by atoms with Gasteiger partial charge in [0.05, 0.1) is 0 Å². The molecule has 1 heterocycles. The Morgan fingerprint density at radius 2 is 2.11 bits per heavy atom. The predicted octanol–water partition coefficient (Wildman–Crippen LogP) is 4.88. The molecular formula is C16H16BrN. The van der Waals surface area contributed by atoms with E-state index in [0.29, 0.717) is 11.8 Å². The summed E-state index contributed by atoms with van der Waals surface area (Å²) < 4.78 is 1.17. The first kappa shape index (κ1) is 10.9. The summed E-state index contributed by atoms with van der Waals surface area (Å²) in [7, 11) is 0. The van der Waals surface area contributed by atoms with Crippen molar-refractivity contribution in [2.24, 2.45) is 5.92 Å². The lowest BCUT2D eigenvalue weighted by molar-refractivity contribution is 0.343. The second-order valence-corrected chi connectivity index (χ2v) is 7.07. The molecular weight excluding hydrogens is 286 g/mol. The molecule has 2 aliphatic carbocycles. The van der Waals surface area contributed by atoms with Crippen LogP contribution in [0, 0.1) is 5.92 Å². The van der Waals surface area contributed by atoms with Gasteiger partial charge in [-0.15, -0.1) is 0 Å². The maximum absolute atomic E-state index is 3.65. The van der Waals surface area contributed by atoms with Crippen LogP contribution in [-0.4, -0.2) is 4.98 Å². The van der Waals surface area contributed by atoms with E-state index in [1.807, 2.05) is 0 Å². The Bertz CT molecular complexity index is 678. The second kappa shape index (κ2) is 3.30. The number of fused-ring (bicyclic) bond motifs is 6. The Morgan fingerprint density at radius 3 is 2.94 bits per heavy atom. The van der Waals surface area contributed by atoms with Crippen molar-refractivity contribution in [2.75, 3.05) is 0 Å². The number of hydrogen-bond acceptors (Lipinski definition) is 0. The first-order chi connectivity index (χ1) is 8.57. The normalized spacial score (nSPS) is 27.7. The number of rotatable bonds is 0. The van der Waals surface area contributed by atoms with Crippen LogP contribution in [0.1, 0.15) is 37.4 Å². The minimum atomic E-state index is 0.234. The number of aromatic nitrogens is 1. The van der Waals surface area contributed by atoms with Crippen molar-refractivity contribution in [1.29, 1.82) is 0 Å². The molecule has 92 valence electrons. The molecule has 0 unspecified atom stereocenters. The Morgan fingerprint density at radius 1 is 1.28 bits per heavy atom. The SMILES string of the molecule is CC1(C)c2c([nH]c3ccc(Br)cc23)[C@@H]2C=C[C@@H]1C2. The molecule has 0 saturated carbocycles. The van der Waals surface area contributed by atoms with Gasteiger partial charge in [-0.3, -0.25) is 0 Å². The van der Waals surface area contributed by atoms with Crippen LogP contribution in [0.25, 0.3) is 10.9 Å². The fourth-order valence-electron chi connectivity index (χ4n) is 3.79. The summed E-state index contributed by atoms with van der Waals surface area (Å²) in [5, 5.41) is 1.39. The van der Waals surface area contributed by atoms with Gasteiger partial charge in [-0.05, 0) is 41.5 Å². The highest BCUT2D eigenvalue weighted by Crippen LogP contribution is 2.53. The van der Waals surface area contributed by atoms with Crippen LogP contribution in [0.15, 0.2) is 34.8 Å². The van der Waals surface area contributed by atoms with Crippen molar-refractivity contribution in [1.82, 2.24) is 4.98 Å². The molecule has 2 atom stereocenters. The number of allylic oxidation sites excluding steroid dienone is 2. The van der Waals surface area contributed by atoms with Gasteiger partial charge in [-0.25, -0.2) is 0 Å². The third kappa shape index (κ3) is 1.22. The maximum atomic E-state index is 3.65. The van der Waals surface area contributed by atoms with Gasteiger partial charge in [0, 0.05) is 27.0 Å². The van der Waals surface area contributed by atoms with Crippen molar-refractivity contribution >= 4 is 26.8 Å². The molecule has 1 nitrogen and oxygen atoms in total. The molecule has 0 amide bonds. The lowest BCUT2D eigenvalue weighted by Crippen LogP contribution is -2.31. The van der Waals surface area contributed by atoms with Gasteiger partial charge in [0.1, 0.15) is 0 Å². The van der Waals surface area contributed by atoms with E-state index in [-0.39, 0.29) is 5.41 Å². The number of hydrogen-bond donors (Lipinski definition) is 1. The zero-order valence-corrected chi connectivity index (χ0v) is 12.2. The highest BCUT2D eigenvalue weighted by molar-refractivity contribution is 9.10. The number of benzene rings is 1. The summed E-state index contributed by atoms with van der Waals surface area (Å²) in [5.74, 6) is 1.29. The molecule has 2 aromatic rings. The van der Waals surface area contributed by atoms with E-state index in [4.69, 9.17) is 0 Å². The second-order valence-electron chi connectivity index (χ2n) is 6.16. The zero-order valence-electron chi connectivity index (χ0n) is 10.6. The lowest BCUT2D eigenvalue weighted by Gasteiger charge is -2.37. The average molecular weight is 302 g/mol. The Kier molecular flexibility index (Phi) is 1.99. The summed E-state index contributed by atoms with van der Waals surface area (Å²) in [6.45, 7) is 4.77. The van der Waals surface area contributed by atoms with Crippen LogP contribution in [-0.2, 0) is 5.41 Å². The number of halogens is 1. The molecule has 2 bridgehead atoms. The smallest absolute Gasteiger partial charge is 0.0460 e. The number of nitrogens with one attached hydrogen (secondary N) is 1. The maximum Gasteiger partial charge on any atom is 0.0460 e. The molecule has 0 radical (unpaired) electrons. The molecule has 2 heteroatoms. The Labute approximate surface area is 115 Å². The first-order valence-electron chi connectivity index (χ1n) is 6.57. The third-order valence-electron chi connectivity index (χ3n) is 4.82. The fraction of sp³-hybridized carbons (Fsp3) is 0.375. The minimum Gasteiger partial charge on any atom is -0.358 e. The highest BCUT2D eigenvalue weighted by atomic mass is 79.9. The van der Waals surface area contributed by atoms with Gasteiger partial charge in [0.25, 0.3) is 0 Å². The molecule has 2 aliphatic rings. The predicted molar refractivity (Wildman–Crippen MR) is 79.0 cm³/mol. The number of H-pyrrole nitrogens is 1. The van der Waals surface area contributed by atoms with Gasteiger partial charge in [0.15, 0.2) is 0 Å². The van der Waals surface area contributed by atoms with E-state index in [9.17, 15) is 0 Å². The quantitative estimate of drug-likeness (QED) is 0.667. The molecule has 1 aromatic heterocycles. The molecule has 4 rings (SSSR count). The van der Waals surface area contributed by atoms with Crippen molar-refractivity contribution < 1.29 is 0 Å². The van der Waals surface area contributed by atoms with Gasteiger partial charge in [-0.2, -0.15) is 0 Å². The Hall–Kier alpha value is -1.02. The molecule has 1 N–H and O–H groups in total. The van der Waals surface area contributed by atoms with Crippen molar-refractivity contribution in [3.05, 3.63) is 46.1 Å². The first-order valence-corrected chi connectivity index (χ1v) is 7.36. The minimum absolute atomic E-state index is 0.234. The topological polar surface area (TPSA) is 15.8 Å². The summed E-state index contributed by atoms with van der Waals surface area (Å²) in [4.78, 5) is 3.65. The molecule has 0 spiro atoms. The van der Waals surface area contributed by atoms with E-state index in [1.165, 1.54) is 33.1 Å². The van der Waals surface area contributed by atoms with E-state index in [1.54, 1.807) is 0 Å². The van der Waals surface area contributed by atoms with E-state index < -0.39 is 0 Å². The van der Waals surface area contributed by atoms with Crippen LogP contribution < -0.4 is 0 Å². The largest absolute Gasteiger partial charge is 0.358 e. The van der Waals surface area contributed by atoms with Crippen LogP contribution in [0.4, 0.5) is 0 Å². The van der Waals surface area contributed by atoms with Gasteiger partial charge in [0.2, 0.25) is 0 Å². The summed E-state index contributed by atoms with van der Waals surface area (Å²) in [5.41, 5.74) is 4.48. The summed E-state index contributed by atoms with van der Waals surface area (Å²) >= 11 is 3.60. The lowest BCUT2D eigenvalue weighted by atomic mass is 9.67. The average Bonchev–Trinajstić information content (AvgIpc) is 2.89. The van der Waals surface area contributed by atoms with Crippen molar-refractivity contribution in [3.8, 4) is 0 Å². The molecule has 18 heavy (non-hydrogen) atoms. The van der Waals surface area contributed by atoms with E-state index in [2.05, 4.69) is 65.1 Å². The molecule has 0 aliphatic heterocycles. The van der Waals surface area contributed by atoms with E-state index in [0.717, 1.165) is 0 Å². The molecule has 0 fully saturated rings. The Balaban J connectivity index is 2.12.